The van der Waals surface area contributed by atoms with Crippen molar-refractivity contribution in [1.29, 1.82) is 0 Å². The van der Waals surface area contributed by atoms with Crippen molar-refractivity contribution in [3.05, 3.63) is 87.8 Å². The van der Waals surface area contributed by atoms with Crippen LogP contribution in [0.15, 0.2) is 65.6 Å². The Morgan fingerprint density at radius 3 is 2.45 bits per heavy atom. The van der Waals surface area contributed by atoms with Gasteiger partial charge in [-0.25, -0.2) is 0 Å². The summed E-state index contributed by atoms with van der Waals surface area (Å²) >= 11 is 0. The van der Waals surface area contributed by atoms with Crippen molar-refractivity contribution >= 4 is 17.5 Å². The van der Waals surface area contributed by atoms with Crippen molar-refractivity contribution < 1.29 is 19.1 Å². The summed E-state index contributed by atoms with van der Waals surface area (Å²) in [6.45, 7) is 1.75. The maximum Gasteiger partial charge on any atom is 0.257 e. The number of nitrogens with zero attached hydrogens (tertiary/aromatic N) is 1. The number of likely N-dealkylation sites (tertiary alicyclic amines) is 1. The fraction of sp³-hybridized carbons (Fsp3) is 0.240. The van der Waals surface area contributed by atoms with Crippen LogP contribution in [-0.4, -0.2) is 41.5 Å². The second-order valence-corrected chi connectivity index (χ2v) is 8.03. The van der Waals surface area contributed by atoms with E-state index in [9.17, 15) is 14.4 Å². The van der Waals surface area contributed by atoms with E-state index in [2.05, 4.69) is 10.3 Å². The molecule has 3 aromatic rings. The molecule has 0 saturated carbocycles. The van der Waals surface area contributed by atoms with Crippen molar-refractivity contribution in [2.45, 2.75) is 18.9 Å². The summed E-state index contributed by atoms with van der Waals surface area (Å²) in [7, 11) is 0. The number of ether oxygens (including phenoxy) is 2. The van der Waals surface area contributed by atoms with E-state index in [0.29, 0.717) is 36.6 Å². The fourth-order valence-corrected chi connectivity index (χ4v) is 4.24. The van der Waals surface area contributed by atoms with Crippen LogP contribution in [0.4, 0.5) is 5.69 Å². The van der Waals surface area contributed by atoms with Crippen molar-refractivity contribution in [1.82, 2.24) is 9.88 Å². The Morgan fingerprint density at radius 1 is 0.939 bits per heavy atom. The standard InChI is InChI=1S/C25H23N3O5/c29-23-10-6-18(15-26-23)24(30)27-19-7-3-16(4-8-19)25(31)28-11-1-2-20(28)17-5-9-21-22(14-17)33-13-12-32-21/h3-10,14-15,20H,1-2,11-13H2,(H,26,29)(H,27,30)/t20-/m0/s1. The molecule has 8 heteroatoms. The molecule has 0 unspecified atom stereocenters. The van der Waals surface area contributed by atoms with Gasteiger partial charge in [-0.05, 0) is 60.9 Å². The zero-order chi connectivity index (χ0) is 22.8. The molecule has 33 heavy (non-hydrogen) atoms. The minimum absolute atomic E-state index is 0.0204. The molecule has 1 saturated heterocycles. The number of amides is 2. The molecule has 3 heterocycles. The van der Waals surface area contributed by atoms with E-state index in [0.717, 1.165) is 29.9 Å². The normalized spacial score (nSPS) is 17.0. The van der Waals surface area contributed by atoms with E-state index in [1.807, 2.05) is 23.1 Å². The van der Waals surface area contributed by atoms with Crippen LogP contribution in [0.2, 0.25) is 0 Å². The molecule has 168 valence electrons. The minimum Gasteiger partial charge on any atom is -0.486 e. The van der Waals surface area contributed by atoms with Crippen LogP contribution in [0.1, 0.15) is 45.2 Å². The Bertz CT molecular complexity index is 1230. The molecule has 0 bridgehead atoms. The average Bonchev–Trinajstić information content (AvgIpc) is 3.34. The van der Waals surface area contributed by atoms with Crippen molar-refractivity contribution in [3.63, 3.8) is 0 Å². The maximum atomic E-state index is 13.3. The third kappa shape index (κ3) is 4.32. The summed E-state index contributed by atoms with van der Waals surface area (Å²) < 4.78 is 11.3. The number of pyridine rings is 1. The fourth-order valence-electron chi connectivity index (χ4n) is 4.24. The van der Waals surface area contributed by atoms with Crippen molar-refractivity contribution in [3.8, 4) is 11.5 Å². The highest BCUT2D eigenvalue weighted by atomic mass is 16.6. The molecule has 1 atom stereocenters. The molecular formula is C25H23N3O5. The first-order chi connectivity index (χ1) is 16.1. The molecule has 2 aliphatic heterocycles. The monoisotopic (exact) mass is 445 g/mol. The molecule has 0 aliphatic carbocycles. The van der Waals surface area contributed by atoms with E-state index >= 15 is 0 Å². The number of aromatic amines is 1. The van der Waals surface area contributed by atoms with Crippen molar-refractivity contribution in [2.24, 2.45) is 0 Å². The smallest absolute Gasteiger partial charge is 0.257 e. The van der Waals surface area contributed by atoms with Gasteiger partial charge in [-0.1, -0.05) is 6.07 Å². The first-order valence-corrected chi connectivity index (χ1v) is 10.9. The Labute approximate surface area is 190 Å². The van der Waals surface area contributed by atoms with E-state index in [1.54, 1.807) is 24.3 Å². The first kappa shape index (κ1) is 20.8. The van der Waals surface area contributed by atoms with Gasteiger partial charge in [-0.3, -0.25) is 14.4 Å². The van der Waals surface area contributed by atoms with Gasteiger partial charge in [-0.15, -0.1) is 0 Å². The Kier molecular flexibility index (Phi) is 5.56. The molecule has 8 nitrogen and oxygen atoms in total. The quantitative estimate of drug-likeness (QED) is 0.641. The lowest BCUT2D eigenvalue weighted by molar-refractivity contribution is 0.0735. The van der Waals surface area contributed by atoms with Gasteiger partial charge in [0, 0.05) is 30.1 Å². The molecule has 2 aliphatic rings. The average molecular weight is 445 g/mol. The summed E-state index contributed by atoms with van der Waals surface area (Å²) in [5.74, 6) is 1.07. The van der Waals surface area contributed by atoms with Gasteiger partial charge < -0.3 is 24.7 Å². The lowest BCUT2D eigenvalue weighted by Crippen LogP contribution is -2.30. The van der Waals surface area contributed by atoms with Gasteiger partial charge in [0.25, 0.3) is 11.8 Å². The molecular weight excluding hydrogens is 422 g/mol. The SMILES string of the molecule is O=C(Nc1ccc(C(=O)N2CCC[C@H]2c2ccc3c(c2)OCCO3)cc1)c1ccc(=O)[nH]c1. The molecule has 0 radical (unpaired) electrons. The van der Waals surface area contributed by atoms with Crippen molar-refractivity contribution in [2.75, 3.05) is 25.1 Å². The Hall–Kier alpha value is -4.07. The topological polar surface area (TPSA) is 101 Å². The second kappa shape index (κ2) is 8.82. The summed E-state index contributed by atoms with van der Waals surface area (Å²) in [5, 5.41) is 2.77. The second-order valence-electron chi connectivity index (χ2n) is 8.03. The number of hydrogen-bond donors (Lipinski definition) is 2. The molecule has 2 aromatic carbocycles. The lowest BCUT2D eigenvalue weighted by Gasteiger charge is -2.27. The van der Waals surface area contributed by atoms with E-state index in [4.69, 9.17) is 9.47 Å². The number of benzene rings is 2. The number of carbonyl (C=O) groups excluding carboxylic acids is 2. The van der Waals surface area contributed by atoms with Gasteiger partial charge in [0.1, 0.15) is 13.2 Å². The van der Waals surface area contributed by atoms with Crippen LogP contribution in [-0.2, 0) is 0 Å². The first-order valence-electron chi connectivity index (χ1n) is 10.9. The zero-order valence-electron chi connectivity index (χ0n) is 17.9. The highest BCUT2D eigenvalue weighted by molar-refractivity contribution is 6.04. The van der Waals surface area contributed by atoms with Crippen LogP contribution >= 0.6 is 0 Å². The highest BCUT2D eigenvalue weighted by Crippen LogP contribution is 2.38. The Balaban J connectivity index is 1.29. The number of aromatic nitrogens is 1. The number of hydrogen-bond acceptors (Lipinski definition) is 5. The molecule has 5 rings (SSSR count). The van der Waals surface area contributed by atoms with Gasteiger partial charge in [0.15, 0.2) is 11.5 Å². The molecule has 1 fully saturated rings. The molecule has 2 amide bonds. The summed E-state index contributed by atoms with van der Waals surface area (Å²) in [4.78, 5) is 41.1. The third-order valence-corrected chi connectivity index (χ3v) is 5.90. The van der Waals surface area contributed by atoms with E-state index < -0.39 is 0 Å². The predicted octanol–water partition coefficient (Wildman–Crippen LogP) is 3.38. The minimum atomic E-state index is -0.344. The number of anilines is 1. The third-order valence-electron chi connectivity index (χ3n) is 5.90. The van der Waals surface area contributed by atoms with E-state index in [-0.39, 0.29) is 23.4 Å². The molecule has 1 aromatic heterocycles. The van der Waals surface area contributed by atoms with Gasteiger partial charge in [0.2, 0.25) is 5.56 Å². The lowest BCUT2D eigenvalue weighted by atomic mass is 10.0. The number of rotatable bonds is 4. The van der Waals surface area contributed by atoms with Gasteiger partial charge in [-0.2, -0.15) is 0 Å². The van der Waals surface area contributed by atoms with E-state index in [1.165, 1.54) is 18.3 Å². The summed E-state index contributed by atoms with van der Waals surface area (Å²) in [6.07, 6.45) is 3.18. The van der Waals surface area contributed by atoms with Gasteiger partial charge >= 0.3 is 0 Å². The number of fused-ring (bicyclic) bond motifs is 1. The summed E-state index contributed by atoms with van der Waals surface area (Å²) in [6, 6.07) is 15.4. The van der Waals surface area contributed by atoms with Crippen LogP contribution in [0.3, 0.4) is 0 Å². The predicted molar refractivity (Wildman–Crippen MR) is 122 cm³/mol. The number of nitrogens with one attached hydrogen (secondary N) is 2. The number of H-pyrrole nitrogens is 1. The summed E-state index contributed by atoms with van der Waals surface area (Å²) in [5.41, 5.74) is 2.23. The zero-order valence-corrected chi connectivity index (χ0v) is 17.9. The van der Waals surface area contributed by atoms with Crippen LogP contribution in [0.5, 0.6) is 11.5 Å². The Morgan fingerprint density at radius 2 is 1.70 bits per heavy atom. The highest BCUT2D eigenvalue weighted by Gasteiger charge is 2.31. The van der Waals surface area contributed by atoms with Gasteiger partial charge in [0.05, 0.1) is 11.6 Å². The molecule has 0 spiro atoms. The number of carbonyl (C=O) groups is 2. The van der Waals surface area contributed by atoms with Crippen LogP contribution in [0.25, 0.3) is 0 Å². The maximum absolute atomic E-state index is 13.3. The molecule has 2 N–H and O–H groups in total. The van der Waals surface area contributed by atoms with Crippen LogP contribution < -0.4 is 20.3 Å². The van der Waals surface area contributed by atoms with Crippen LogP contribution in [0, 0.1) is 0 Å². The largest absolute Gasteiger partial charge is 0.486 e.